The van der Waals surface area contributed by atoms with Crippen LogP contribution in [0.25, 0.3) is 0 Å². The van der Waals surface area contributed by atoms with Crippen molar-refractivity contribution < 1.29 is 14.3 Å². The predicted molar refractivity (Wildman–Crippen MR) is 90.9 cm³/mol. The van der Waals surface area contributed by atoms with Crippen LogP contribution in [-0.2, 0) is 0 Å². The molecule has 2 aliphatic heterocycles. The van der Waals surface area contributed by atoms with Gasteiger partial charge in [-0.2, -0.15) is 0 Å². The molecule has 1 fully saturated rings. The number of hydrogen-bond donors (Lipinski definition) is 1. The van der Waals surface area contributed by atoms with Gasteiger partial charge in [-0.05, 0) is 50.1 Å². The fraction of sp³-hybridized carbons (Fsp3) is 0.333. The van der Waals surface area contributed by atoms with E-state index in [2.05, 4.69) is 15.2 Å². The van der Waals surface area contributed by atoms with Crippen molar-refractivity contribution in [1.82, 2.24) is 4.98 Å². The largest absolute Gasteiger partial charge is 0.454 e. The minimum atomic E-state index is -0.188. The number of carbonyl (C=O) groups is 1. The molecule has 0 spiro atoms. The molecule has 6 nitrogen and oxygen atoms in total. The minimum absolute atomic E-state index is 0.188. The van der Waals surface area contributed by atoms with Crippen molar-refractivity contribution in [2.45, 2.75) is 19.8 Å². The smallest absolute Gasteiger partial charge is 0.255 e. The Kier molecular flexibility index (Phi) is 3.72. The van der Waals surface area contributed by atoms with Crippen LogP contribution in [0.2, 0.25) is 0 Å². The molecule has 1 aromatic carbocycles. The number of rotatable bonds is 3. The van der Waals surface area contributed by atoms with Gasteiger partial charge in [-0.1, -0.05) is 0 Å². The Hall–Kier alpha value is -2.76. The monoisotopic (exact) mass is 325 g/mol. The van der Waals surface area contributed by atoms with Gasteiger partial charge in [-0.15, -0.1) is 0 Å². The van der Waals surface area contributed by atoms with Gasteiger partial charge in [-0.3, -0.25) is 4.79 Å². The summed E-state index contributed by atoms with van der Waals surface area (Å²) >= 11 is 0. The number of pyridine rings is 1. The molecule has 0 bridgehead atoms. The number of anilines is 2. The molecular formula is C18H19N3O3. The van der Waals surface area contributed by atoms with Gasteiger partial charge >= 0.3 is 0 Å². The van der Waals surface area contributed by atoms with Gasteiger partial charge in [0.1, 0.15) is 5.82 Å². The second-order valence-electron chi connectivity index (χ2n) is 6.02. The third-order valence-electron chi connectivity index (χ3n) is 4.38. The Bertz CT molecular complexity index is 785. The molecule has 0 unspecified atom stereocenters. The van der Waals surface area contributed by atoms with Crippen LogP contribution in [0.15, 0.2) is 30.3 Å². The van der Waals surface area contributed by atoms with E-state index < -0.39 is 0 Å². The first-order chi connectivity index (χ1) is 11.7. The molecule has 24 heavy (non-hydrogen) atoms. The van der Waals surface area contributed by atoms with E-state index in [0.29, 0.717) is 17.1 Å². The zero-order valence-electron chi connectivity index (χ0n) is 13.5. The van der Waals surface area contributed by atoms with Gasteiger partial charge in [-0.25, -0.2) is 4.98 Å². The second kappa shape index (κ2) is 6.03. The minimum Gasteiger partial charge on any atom is -0.454 e. The first kappa shape index (κ1) is 14.8. The Labute approximate surface area is 140 Å². The number of aromatic nitrogens is 1. The number of ether oxygens (including phenoxy) is 2. The van der Waals surface area contributed by atoms with E-state index in [0.717, 1.165) is 30.3 Å². The molecule has 0 atom stereocenters. The van der Waals surface area contributed by atoms with Crippen molar-refractivity contribution in [3.05, 3.63) is 41.6 Å². The summed E-state index contributed by atoms with van der Waals surface area (Å²) in [4.78, 5) is 19.4. The van der Waals surface area contributed by atoms with Gasteiger partial charge in [0.15, 0.2) is 11.5 Å². The fourth-order valence-electron chi connectivity index (χ4n) is 3.03. The molecule has 2 aromatic rings. The first-order valence-corrected chi connectivity index (χ1v) is 8.14. The number of nitrogens with zero attached hydrogens (tertiary/aromatic N) is 2. The van der Waals surface area contributed by atoms with Crippen molar-refractivity contribution in [2.24, 2.45) is 0 Å². The normalized spacial score (nSPS) is 15.6. The lowest BCUT2D eigenvalue weighted by Gasteiger charge is -2.18. The maximum Gasteiger partial charge on any atom is 0.255 e. The second-order valence-corrected chi connectivity index (χ2v) is 6.02. The fourth-order valence-corrected chi connectivity index (χ4v) is 3.03. The lowest BCUT2D eigenvalue weighted by Crippen LogP contribution is -2.20. The maximum absolute atomic E-state index is 12.5. The zero-order chi connectivity index (χ0) is 16.5. The predicted octanol–water partition coefficient (Wildman–Crippen LogP) is 2.97. The number of aryl methyl sites for hydroxylation is 1. The topological polar surface area (TPSA) is 63.7 Å². The van der Waals surface area contributed by atoms with Crippen molar-refractivity contribution in [2.75, 3.05) is 30.1 Å². The summed E-state index contributed by atoms with van der Waals surface area (Å²) in [6, 6.07) is 9.05. The Morgan fingerprint density at radius 2 is 1.92 bits per heavy atom. The third kappa shape index (κ3) is 2.75. The molecule has 3 heterocycles. The van der Waals surface area contributed by atoms with Crippen LogP contribution in [-0.4, -0.2) is 30.8 Å². The maximum atomic E-state index is 12.5. The lowest BCUT2D eigenvalue weighted by molar-refractivity contribution is 0.102. The summed E-state index contributed by atoms with van der Waals surface area (Å²) in [5.41, 5.74) is 2.07. The van der Waals surface area contributed by atoms with E-state index in [1.54, 1.807) is 18.2 Å². The van der Waals surface area contributed by atoms with Crippen molar-refractivity contribution in [3.8, 4) is 11.5 Å². The molecule has 1 saturated heterocycles. The molecule has 1 N–H and O–H groups in total. The summed E-state index contributed by atoms with van der Waals surface area (Å²) in [6.45, 7) is 4.21. The molecule has 4 rings (SSSR count). The number of nitrogens with one attached hydrogen (secondary N) is 1. The van der Waals surface area contributed by atoms with Crippen LogP contribution in [0.3, 0.4) is 0 Å². The van der Waals surface area contributed by atoms with E-state index in [9.17, 15) is 4.79 Å². The highest BCUT2D eigenvalue weighted by Crippen LogP contribution is 2.32. The molecule has 0 radical (unpaired) electrons. The van der Waals surface area contributed by atoms with E-state index >= 15 is 0 Å². The van der Waals surface area contributed by atoms with Crippen molar-refractivity contribution in [1.29, 1.82) is 0 Å². The number of benzene rings is 1. The summed E-state index contributed by atoms with van der Waals surface area (Å²) in [5, 5.41) is 2.92. The molecule has 1 amide bonds. The number of amides is 1. The molecule has 0 saturated carbocycles. The highest BCUT2D eigenvalue weighted by atomic mass is 16.7. The Balaban J connectivity index is 1.51. The summed E-state index contributed by atoms with van der Waals surface area (Å²) < 4.78 is 10.6. The van der Waals surface area contributed by atoms with Gasteiger partial charge in [0.25, 0.3) is 5.91 Å². The highest BCUT2D eigenvalue weighted by Gasteiger charge is 2.18. The van der Waals surface area contributed by atoms with E-state index in [4.69, 9.17) is 9.47 Å². The molecule has 2 aliphatic rings. The summed E-state index contributed by atoms with van der Waals surface area (Å²) in [6.07, 6.45) is 2.42. The van der Waals surface area contributed by atoms with E-state index in [1.807, 2.05) is 19.1 Å². The number of carbonyl (C=O) groups excluding carboxylic acids is 1. The molecular weight excluding hydrogens is 306 g/mol. The summed E-state index contributed by atoms with van der Waals surface area (Å²) in [5.74, 6) is 2.06. The van der Waals surface area contributed by atoms with Crippen LogP contribution in [0.1, 0.15) is 28.9 Å². The molecule has 124 valence electrons. The average molecular weight is 325 g/mol. The van der Waals surface area contributed by atoms with Gasteiger partial charge in [0.05, 0.1) is 11.4 Å². The third-order valence-corrected chi connectivity index (χ3v) is 4.38. The Morgan fingerprint density at radius 1 is 1.12 bits per heavy atom. The van der Waals surface area contributed by atoms with Crippen molar-refractivity contribution in [3.63, 3.8) is 0 Å². The molecule has 0 aliphatic carbocycles. The Morgan fingerprint density at radius 3 is 2.71 bits per heavy atom. The average Bonchev–Trinajstić information content (AvgIpc) is 3.27. The van der Waals surface area contributed by atoms with Crippen LogP contribution in [0.4, 0.5) is 11.5 Å². The number of hydrogen-bond acceptors (Lipinski definition) is 5. The van der Waals surface area contributed by atoms with Crippen LogP contribution >= 0.6 is 0 Å². The number of fused-ring (bicyclic) bond motifs is 1. The molecule has 6 heteroatoms. The quantitative estimate of drug-likeness (QED) is 0.940. The van der Waals surface area contributed by atoms with Gasteiger partial charge < -0.3 is 19.7 Å². The van der Waals surface area contributed by atoms with Gasteiger partial charge in [0, 0.05) is 18.7 Å². The summed E-state index contributed by atoms with van der Waals surface area (Å²) in [7, 11) is 0. The first-order valence-electron chi connectivity index (χ1n) is 8.14. The van der Waals surface area contributed by atoms with E-state index in [1.165, 1.54) is 12.8 Å². The lowest BCUT2D eigenvalue weighted by atomic mass is 10.2. The van der Waals surface area contributed by atoms with Gasteiger partial charge in [0.2, 0.25) is 6.79 Å². The van der Waals surface area contributed by atoms with Crippen molar-refractivity contribution >= 4 is 17.4 Å². The van der Waals surface area contributed by atoms with Crippen LogP contribution in [0, 0.1) is 6.92 Å². The SMILES string of the molecule is Cc1nc(N2CCCC2)ccc1NC(=O)c1ccc2c(c1)OCO2. The van der Waals surface area contributed by atoms with E-state index in [-0.39, 0.29) is 12.7 Å². The zero-order valence-corrected chi connectivity index (χ0v) is 13.5. The van der Waals surface area contributed by atoms with Crippen LogP contribution < -0.4 is 19.7 Å². The van der Waals surface area contributed by atoms with Crippen LogP contribution in [0.5, 0.6) is 11.5 Å². The standard InChI is InChI=1S/C18H19N3O3/c1-12-14(5-7-17(19-12)21-8-2-3-9-21)20-18(22)13-4-6-15-16(10-13)24-11-23-15/h4-7,10H,2-3,8-9,11H2,1H3,(H,20,22). The molecule has 1 aromatic heterocycles. The highest BCUT2D eigenvalue weighted by molar-refractivity contribution is 6.05.